The quantitative estimate of drug-likeness (QED) is 0.0581. The highest BCUT2D eigenvalue weighted by atomic mass is 32.2. The zero-order valence-corrected chi connectivity index (χ0v) is 31.1. The van der Waals surface area contributed by atoms with E-state index in [0.29, 0.717) is 4.90 Å². The Labute approximate surface area is 286 Å². The van der Waals surface area contributed by atoms with Crippen molar-refractivity contribution in [2.45, 2.75) is 205 Å². The van der Waals surface area contributed by atoms with E-state index in [2.05, 4.69) is 19.9 Å². The van der Waals surface area contributed by atoms with Crippen molar-refractivity contribution >= 4 is 20.9 Å². The summed E-state index contributed by atoms with van der Waals surface area (Å²) in [5.74, 6) is 0. The first-order valence-corrected chi connectivity index (χ1v) is 21.4. The monoisotopic (exact) mass is 657 g/mol. The molecule has 0 aliphatic rings. The lowest BCUT2D eigenvalue weighted by atomic mass is 10.0. The maximum Gasteiger partial charge on any atom is 0.297 e. The molecule has 0 aromatic heterocycles. The third-order valence-corrected chi connectivity index (χ3v) is 11.2. The summed E-state index contributed by atoms with van der Waals surface area (Å²) in [5, 5.41) is 1.76. The second kappa shape index (κ2) is 27.5. The first-order valence-electron chi connectivity index (χ1n) is 20.0. The lowest BCUT2D eigenvalue weighted by molar-refractivity contribution is 0.306. The minimum atomic E-state index is -3.80. The zero-order valence-electron chi connectivity index (χ0n) is 30.3. The molecule has 0 radical (unpaired) electrons. The van der Waals surface area contributed by atoms with Crippen molar-refractivity contribution in [3.63, 3.8) is 0 Å². The van der Waals surface area contributed by atoms with Gasteiger partial charge in [0.15, 0.2) is 0 Å². The summed E-state index contributed by atoms with van der Waals surface area (Å²) in [6.45, 7) is 4.84. The molecule has 0 aliphatic heterocycles. The van der Waals surface area contributed by atoms with Gasteiger partial charge in [0.1, 0.15) is 4.90 Å². The number of hydrogen-bond acceptors (Lipinski definition) is 3. The molecular weight excluding hydrogens is 585 g/mol. The number of unbranched alkanes of at least 4 members (excludes halogenated alkanes) is 26. The van der Waals surface area contributed by atoms with Gasteiger partial charge in [-0.3, -0.25) is 4.18 Å². The van der Waals surface area contributed by atoms with Crippen LogP contribution < -0.4 is 0 Å². The van der Waals surface area contributed by atoms with Gasteiger partial charge in [0.05, 0.1) is 6.61 Å². The van der Waals surface area contributed by atoms with E-state index in [1.807, 2.05) is 30.3 Å². The van der Waals surface area contributed by atoms with E-state index in [9.17, 15) is 8.42 Å². The standard InChI is InChI=1S/C42H72O3S/c1-3-5-7-9-11-13-15-17-19-21-23-25-27-29-34-40-37-36-39-33-30-31-35-41(39)42(40)46(43,44)45-38-32-28-26-24-22-20-18-16-14-12-10-8-6-4-2/h30-31,33,35-37H,3-29,32,34,38H2,1-2H3. The highest BCUT2D eigenvalue weighted by Crippen LogP contribution is 2.30. The second-order valence-electron chi connectivity index (χ2n) is 14.0. The maximum atomic E-state index is 13.5. The Kier molecular flexibility index (Phi) is 24.4. The molecule has 0 saturated carbocycles. The second-order valence-corrected chi connectivity index (χ2v) is 15.5. The molecule has 0 atom stereocenters. The Bertz CT molecular complexity index is 1090. The van der Waals surface area contributed by atoms with E-state index in [0.717, 1.165) is 48.4 Å². The molecule has 4 heteroatoms. The van der Waals surface area contributed by atoms with Gasteiger partial charge in [-0.1, -0.05) is 217 Å². The number of rotatable bonds is 32. The predicted octanol–water partition coefficient (Wildman–Crippen LogP) is 14.1. The van der Waals surface area contributed by atoms with Crippen molar-refractivity contribution in [1.82, 2.24) is 0 Å². The molecule has 0 bridgehead atoms. The third-order valence-electron chi connectivity index (χ3n) is 9.75. The fourth-order valence-electron chi connectivity index (χ4n) is 6.81. The van der Waals surface area contributed by atoms with Crippen molar-refractivity contribution < 1.29 is 12.6 Å². The van der Waals surface area contributed by atoms with E-state index in [1.54, 1.807) is 0 Å². The van der Waals surface area contributed by atoms with Gasteiger partial charge < -0.3 is 0 Å². The average molecular weight is 657 g/mol. The summed E-state index contributed by atoms with van der Waals surface area (Å²) in [6, 6.07) is 11.9. The Balaban J connectivity index is 1.64. The first kappa shape index (κ1) is 40.8. The molecule has 46 heavy (non-hydrogen) atoms. The van der Waals surface area contributed by atoms with Crippen LogP contribution in [-0.4, -0.2) is 15.0 Å². The van der Waals surface area contributed by atoms with Crippen LogP contribution in [0.4, 0.5) is 0 Å². The van der Waals surface area contributed by atoms with Crippen molar-refractivity contribution in [1.29, 1.82) is 0 Å². The predicted molar refractivity (Wildman–Crippen MR) is 201 cm³/mol. The van der Waals surface area contributed by atoms with Gasteiger partial charge in [0.25, 0.3) is 10.1 Å². The molecule has 0 amide bonds. The van der Waals surface area contributed by atoms with Crippen molar-refractivity contribution in [3.8, 4) is 0 Å². The van der Waals surface area contributed by atoms with Crippen LogP contribution in [0.15, 0.2) is 41.3 Å². The fraction of sp³-hybridized carbons (Fsp3) is 0.762. The molecule has 0 N–H and O–H groups in total. The molecule has 2 aromatic rings. The molecule has 0 aliphatic carbocycles. The Morgan fingerprint density at radius 3 is 1.30 bits per heavy atom. The van der Waals surface area contributed by atoms with E-state index >= 15 is 0 Å². The summed E-state index contributed by atoms with van der Waals surface area (Å²) >= 11 is 0. The fourth-order valence-corrected chi connectivity index (χ4v) is 8.22. The summed E-state index contributed by atoms with van der Waals surface area (Å²) in [7, 11) is -3.80. The van der Waals surface area contributed by atoms with Crippen LogP contribution in [0.25, 0.3) is 10.8 Å². The lowest BCUT2D eigenvalue weighted by Crippen LogP contribution is -2.11. The summed E-state index contributed by atoms with van der Waals surface area (Å²) in [4.78, 5) is 0.408. The summed E-state index contributed by atoms with van der Waals surface area (Å²) < 4.78 is 32.7. The highest BCUT2D eigenvalue weighted by molar-refractivity contribution is 7.87. The molecule has 0 unspecified atom stereocenters. The van der Waals surface area contributed by atoms with Gasteiger partial charge in [-0.05, 0) is 30.2 Å². The molecule has 0 spiro atoms. The molecule has 3 nitrogen and oxygen atoms in total. The van der Waals surface area contributed by atoms with Crippen molar-refractivity contribution in [3.05, 3.63) is 42.0 Å². The van der Waals surface area contributed by atoms with Crippen LogP contribution >= 0.6 is 0 Å². The van der Waals surface area contributed by atoms with Gasteiger partial charge >= 0.3 is 0 Å². The topological polar surface area (TPSA) is 43.4 Å². The number of fused-ring (bicyclic) bond motifs is 1. The van der Waals surface area contributed by atoms with Gasteiger partial charge in [0, 0.05) is 5.39 Å². The minimum absolute atomic E-state index is 0.280. The van der Waals surface area contributed by atoms with E-state index < -0.39 is 10.1 Å². The van der Waals surface area contributed by atoms with E-state index in [-0.39, 0.29) is 6.61 Å². The highest BCUT2D eigenvalue weighted by Gasteiger charge is 2.22. The Hall–Kier alpha value is -1.39. The molecule has 0 saturated heterocycles. The summed E-state index contributed by atoms with van der Waals surface area (Å²) in [6.07, 6.45) is 37.3. The number of aryl methyl sites for hydroxylation is 1. The SMILES string of the molecule is CCCCCCCCCCCCCCCCOS(=O)(=O)c1c(CCCCCCCCCCCCCCCC)ccc2ccccc12. The third kappa shape index (κ3) is 18.8. The molecule has 2 rings (SSSR count). The van der Waals surface area contributed by atoms with Crippen LogP contribution in [0, 0.1) is 0 Å². The summed E-state index contributed by atoms with van der Waals surface area (Å²) in [5.41, 5.74) is 0.915. The van der Waals surface area contributed by atoms with Crippen molar-refractivity contribution in [2.24, 2.45) is 0 Å². The molecule has 2 aromatic carbocycles. The zero-order chi connectivity index (χ0) is 33.0. The van der Waals surface area contributed by atoms with Crippen LogP contribution in [-0.2, 0) is 20.7 Å². The van der Waals surface area contributed by atoms with Crippen LogP contribution in [0.2, 0.25) is 0 Å². The molecular formula is C42H72O3S. The lowest BCUT2D eigenvalue weighted by Gasteiger charge is -2.14. The van der Waals surface area contributed by atoms with Crippen LogP contribution in [0.5, 0.6) is 0 Å². The van der Waals surface area contributed by atoms with Crippen LogP contribution in [0.3, 0.4) is 0 Å². The first-order chi connectivity index (χ1) is 22.6. The maximum absolute atomic E-state index is 13.5. The largest absolute Gasteiger partial charge is 0.297 e. The molecule has 0 heterocycles. The number of benzene rings is 2. The number of hydrogen-bond donors (Lipinski definition) is 0. The van der Waals surface area contributed by atoms with E-state index in [1.165, 1.54) is 154 Å². The van der Waals surface area contributed by atoms with Gasteiger partial charge in [-0.25, -0.2) is 0 Å². The van der Waals surface area contributed by atoms with Crippen molar-refractivity contribution in [2.75, 3.05) is 6.61 Å². The minimum Gasteiger partial charge on any atom is -0.266 e. The molecule has 264 valence electrons. The van der Waals surface area contributed by atoms with E-state index in [4.69, 9.17) is 4.18 Å². The Morgan fingerprint density at radius 1 is 0.457 bits per heavy atom. The normalized spacial score (nSPS) is 12.0. The Morgan fingerprint density at radius 2 is 0.848 bits per heavy atom. The average Bonchev–Trinajstić information content (AvgIpc) is 3.06. The van der Waals surface area contributed by atoms with Gasteiger partial charge in [-0.15, -0.1) is 0 Å². The van der Waals surface area contributed by atoms with Crippen LogP contribution in [0.1, 0.15) is 199 Å². The smallest absolute Gasteiger partial charge is 0.266 e. The van der Waals surface area contributed by atoms with Gasteiger partial charge in [-0.2, -0.15) is 8.42 Å². The van der Waals surface area contributed by atoms with Gasteiger partial charge in [0.2, 0.25) is 0 Å². The molecule has 0 fully saturated rings.